The molecule has 0 spiro atoms. The van der Waals surface area contributed by atoms with Gasteiger partial charge in [-0.25, -0.2) is 4.98 Å². The van der Waals surface area contributed by atoms with Crippen LogP contribution in [0.25, 0.3) is 5.65 Å². The molecule has 0 aliphatic heterocycles. The van der Waals surface area contributed by atoms with E-state index in [0.717, 1.165) is 29.0 Å². The molecule has 0 bridgehead atoms. The zero-order valence-corrected chi connectivity index (χ0v) is 13.1. The Balaban J connectivity index is 1.93. The molecule has 0 unspecified atom stereocenters. The zero-order chi connectivity index (χ0) is 15.7. The van der Waals surface area contributed by atoms with Gasteiger partial charge < -0.3 is 5.32 Å². The van der Waals surface area contributed by atoms with E-state index in [0.29, 0.717) is 5.69 Å². The lowest BCUT2D eigenvalue weighted by Crippen LogP contribution is -2.15. The number of pyridine rings is 1. The van der Waals surface area contributed by atoms with E-state index in [4.69, 9.17) is 0 Å². The fourth-order valence-corrected chi connectivity index (χ4v) is 2.55. The quantitative estimate of drug-likeness (QED) is 0.799. The Kier molecular flexibility index (Phi) is 3.67. The molecule has 3 rings (SSSR count). The molecule has 22 heavy (non-hydrogen) atoms. The molecule has 0 atom stereocenters. The highest BCUT2D eigenvalue weighted by molar-refractivity contribution is 6.04. The van der Waals surface area contributed by atoms with Crippen molar-refractivity contribution in [1.29, 1.82) is 0 Å². The Hall–Kier alpha value is -2.62. The van der Waals surface area contributed by atoms with Gasteiger partial charge in [-0.1, -0.05) is 19.1 Å². The maximum Gasteiger partial charge on any atom is 0.274 e. The molecular formula is C18H19N3O. The molecule has 112 valence electrons. The van der Waals surface area contributed by atoms with Gasteiger partial charge in [-0.3, -0.25) is 9.20 Å². The average molecular weight is 293 g/mol. The van der Waals surface area contributed by atoms with Crippen molar-refractivity contribution in [3.8, 4) is 0 Å². The standard InChI is InChI=1S/C18H19N3O/c1-4-14-5-7-15(8-6-14)20-18(22)17-13(3)19-16-11-12(2)9-10-21(16)17/h5-11H,4H2,1-3H3,(H,20,22). The van der Waals surface area contributed by atoms with Crippen LogP contribution in [0.15, 0.2) is 42.6 Å². The first-order valence-corrected chi connectivity index (χ1v) is 7.44. The van der Waals surface area contributed by atoms with Gasteiger partial charge in [-0.15, -0.1) is 0 Å². The third-order valence-electron chi connectivity index (χ3n) is 3.79. The van der Waals surface area contributed by atoms with E-state index >= 15 is 0 Å². The van der Waals surface area contributed by atoms with Crippen LogP contribution < -0.4 is 5.32 Å². The largest absolute Gasteiger partial charge is 0.321 e. The minimum Gasteiger partial charge on any atom is -0.321 e. The second kappa shape index (κ2) is 5.64. The van der Waals surface area contributed by atoms with Crippen molar-refractivity contribution in [2.75, 3.05) is 5.32 Å². The Morgan fingerprint density at radius 1 is 1.18 bits per heavy atom. The maximum atomic E-state index is 12.6. The monoisotopic (exact) mass is 293 g/mol. The number of anilines is 1. The van der Waals surface area contributed by atoms with Gasteiger partial charge in [0, 0.05) is 11.9 Å². The van der Waals surface area contributed by atoms with Crippen molar-refractivity contribution in [2.45, 2.75) is 27.2 Å². The van der Waals surface area contributed by atoms with E-state index in [1.165, 1.54) is 5.56 Å². The van der Waals surface area contributed by atoms with Crippen LogP contribution in [0.1, 0.15) is 34.2 Å². The fraction of sp³-hybridized carbons (Fsp3) is 0.222. The van der Waals surface area contributed by atoms with Crippen molar-refractivity contribution < 1.29 is 4.79 Å². The minimum absolute atomic E-state index is 0.141. The summed E-state index contributed by atoms with van der Waals surface area (Å²) in [5.74, 6) is -0.141. The number of amides is 1. The molecular weight excluding hydrogens is 274 g/mol. The summed E-state index contributed by atoms with van der Waals surface area (Å²) >= 11 is 0. The van der Waals surface area contributed by atoms with Gasteiger partial charge in [-0.2, -0.15) is 0 Å². The Morgan fingerprint density at radius 2 is 1.91 bits per heavy atom. The molecule has 0 fully saturated rings. The Bertz CT molecular complexity index is 831. The molecule has 4 heteroatoms. The number of carbonyl (C=O) groups is 1. The third kappa shape index (κ3) is 2.60. The van der Waals surface area contributed by atoms with Crippen molar-refractivity contribution >= 4 is 17.2 Å². The summed E-state index contributed by atoms with van der Waals surface area (Å²) in [4.78, 5) is 17.0. The number of aromatic nitrogens is 2. The van der Waals surface area contributed by atoms with Gasteiger partial charge in [-0.05, 0) is 55.7 Å². The van der Waals surface area contributed by atoms with Crippen LogP contribution in [0.3, 0.4) is 0 Å². The van der Waals surface area contributed by atoms with E-state index in [1.54, 1.807) is 0 Å². The highest BCUT2D eigenvalue weighted by Crippen LogP contribution is 2.16. The summed E-state index contributed by atoms with van der Waals surface area (Å²) in [6.07, 6.45) is 2.87. The van der Waals surface area contributed by atoms with E-state index < -0.39 is 0 Å². The number of nitrogens with one attached hydrogen (secondary N) is 1. The lowest BCUT2D eigenvalue weighted by Gasteiger charge is -2.07. The van der Waals surface area contributed by atoms with E-state index in [1.807, 2.05) is 60.8 Å². The SMILES string of the molecule is CCc1ccc(NC(=O)c2c(C)nc3cc(C)ccn23)cc1. The highest BCUT2D eigenvalue weighted by atomic mass is 16.2. The first-order valence-electron chi connectivity index (χ1n) is 7.44. The van der Waals surface area contributed by atoms with Crippen LogP contribution in [0, 0.1) is 13.8 Å². The van der Waals surface area contributed by atoms with Crippen LogP contribution in [0.4, 0.5) is 5.69 Å². The van der Waals surface area contributed by atoms with Gasteiger partial charge in [0.2, 0.25) is 0 Å². The second-order valence-electron chi connectivity index (χ2n) is 5.48. The predicted octanol–water partition coefficient (Wildman–Crippen LogP) is 3.77. The highest BCUT2D eigenvalue weighted by Gasteiger charge is 2.16. The Morgan fingerprint density at radius 3 is 2.59 bits per heavy atom. The second-order valence-corrected chi connectivity index (χ2v) is 5.48. The molecule has 0 radical (unpaired) electrons. The number of nitrogens with zero attached hydrogens (tertiary/aromatic N) is 2. The number of hydrogen-bond acceptors (Lipinski definition) is 2. The normalized spacial score (nSPS) is 10.9. The topological polar surface area (TPSA) is 46.4 Å². The molecule has 0 saturated heterocycles. The molecule has 3 aromatic rings. The number of rotatable bonds is 3. The molecule has 0 saturated carbocycles. The van der Waals surface area contributed by atoms with Crippen LogP contribution in [-0.2, 0) is 6.42 Å². The van der Waals surface area contributed by atoms with Gasteiger partial charge in [0.05, 0.1) is 5.69 Å². The first kappa shape index (κ1) is 14.3. The number of fused-ring (bicyclic) bond motifs is 1. The smallest absolute Gasteiger partial charge is 0.274 e. The van der Waals surface area contributed by atoms with Gasteiger partial charge in [0.15, 0.2) is 0 Å². The zero-order valence-electron chi connectivity index (χ0n) is 13.1. The molecule has 4 nitrogen and oxygen atoms in total. The summed E-state index contributed by atoms with van der Waals surface area (Å²) < 4.78 is 1.83. The van der Waals surface area contributed by atoms with Crippen molar-refractivity contribution in [1.82, 2.24) is 9.38 Å². The number of benzene rings is 1. The summed E-state index contributed by atoms with van der Waals surface area (Å²) in [6.45, 7) is 5.98. The van der Waals surface area contributed by atoms with E-state index in [9.17, 15) is 4.79 Å². The fourth-order valence-electron chi connectivity index (χ4n) is 2.55. The molecule has 1 aromatic carbocycles. The van der Waals surface area contributed by atoms with Gasteiger partial charge in [0.25, 0.3) is 5.91 Å². The van der Waals surface area contributed by atoms with Crippen LogP contribution in [0.5, 0.6) is 0 Å². The molecule has 2 aromatic heterocycles. The van der Waals surface area contributed by atoms with Crippen molar-refractivity contribution in [3.63, 3.8) is 0 Å². The van der Waals surface area contributed by atoms with Gasteiger partial charge in [0.1, 0.15) is 11.3 Å². The number of hydrogen-bond donors (Lipinski definition) is 1. The lowest BCUT2D eigenvalue weighted by atomic mass is 10.1. The predicted molar refractivity (Wildman–Crippen MR) is 88.4 cm³/mol. The minimum atomic E-state index is -0.141. The van der Waals surface area contributed by atoms with Crippen LogP contribution in [0.2, 0.25) is 0 Å². The summed E-state index contributed by atoms with van der Waals surface area (Å²) in [5, 5.41) is 2.94. The molecule has 0 aliphatic rings. The van der Waals surface area contributed by atoms with E-state index in [-0.39, 0.29) is 5.91 Å². The first-order chi connectivity index (χ1) is 10.6. The molecule has 2 heterocycles. The van der Waals surface area contributed by atoms with E-state index in [2.05, 4.69) is 17.2 Å². The molecule has 0 aliphatic carbocycles. The molecule has 1 amide bonds. The van der Waals surface area contributed by atoms with Crippen molar-refractivity contribution in [3.05, 3.63) is 65.1 Å². The number of carbonyl (C=O) groups excluding carboxylic acids is 1. The Labute approximate surface area is 129 Å². The van der Waals surface area contributed by atoms with Crippen LogP contribution in [-0.4, -0.2) is 15.3 Å². The number of imidazole rings is 1. The van der Waals surface area contributed by atoms with Gasteiger partial charge >= 0.3 is 0 Å². The summed E-state index contributed by atoms with van der Waals surface area (Å²) in [5.41, 5.74) is 5.27. The summed E-state index contributed by atoms with van der Waals surface area (Å²) in [7, 11) is 0. The summed E-state index contributed by atoms with van der Waals surface area (Å²) in [6, 6.07) is 11.9. The maximum absolute atomic E-state index is 12.6. The third-order valence-corrected chi connectivity index (χ3v) is 3.79. The average Bonchev–Trinajstić information content (AvgIpc) is 2.83. The van der Waals surface area contributed by atoms with Crippen molar-refractivity contribution in [2.24, 2.45) is 0 Å². The molecule has 1 N–H and O–H groups in total. The van der Waals surface area contributed by atoms with Crippen LogP contribution >= 0.6 is 0 Å². The lowest BCUT2D eigenvalue weighted by molar-refractivity contribution is 0.102. The number of aryl methyl sites for hydroxylation is 3.